The maximum atomic E-state index is 10.3. The van der Waals surface area contributed by atoms with Crippen LogP contribution in [-0.2, 0) is 9.63 Å². The largest absolute Gasteiger partial charge is 0.550 e. The van der Waals surface area contributed by atoms with E-state index in [9.17, 15) is 20.0 Å². The second-order valence-corrected chi connectivity index (χ2v) is 4.00. The highest BCUT2D eigenvalue weighted by atomic mass is 17.0. The van der Waals surface area contributed by atoms with Crippen LogP contribution in [0.4, 0.5) is 0 Å². The Balaban J connectivity index is 4.24. The predicted molar refractivity (Wildman–Crippen MR) is 44.4 cm³/mol. The van der Waals surface area contributed by atoms with E-state index in [1.165, 1.54) is 0 Å². The molecule has 0 saturated carbocycles. The first-order valence-corrected chi connectivity index (χ1v) is 4.02. The maximum absolute atomic E-state index is 10.3. The standard InChI is InChI=1S/C7H14N2O5/c1-9(2,3)5-6(4-7(10)11)14-8(12)13/h6H,4-5H2,1-3H3. The zero-order valence-corrected chi connectivity index (χ0v) is 8.43. The van der Waals surface area contributed by atoms with Gasteiger partial charge in [-0.15, -0.1) is 10.1 Å². The summed E-state index contributed by atoms with van der Waals surface area (Å²) in [6, 6.07) is 0. The number of likely N-dealkylation sites (N-methyl/N-ethyl adjacent to an activating group) is 1. The molecule has 0 aromatic rings. The summed E-state index contributed by atoms with van der Waals surface area (Å²) in [5, 5.41) is 19.3. The van der Waals surface area contributed by atoms with Gasteiger partial charge in [0.25, 0.3) is 5.09 Å². The first-order valence-electron chi connectivity index (χ1n) is 4.02. The molecule has 0 radical (unpaired) electrons. The van der Waals surface area contributed by atoms with Crippen molar-refractivity contribution in [3.8, 4) is 0 Å². The van der Waals surface area contributed by atoms with Crippen molar-refractivity contribution in [2.75, 3.05) is 27.7 Å². The Hall–Kier alpha value is -1.37. The van der Waals surface area contributed by atoms with Gasteiger partial charge in [-0.25, -0.2) is 0 Å². The van der Waals surface area contributed by atoms with Gasteiger partial charge in [0.15, 0.2) is 6.10 Å². The summed E-state index contributed by atoms with van der Waals surface area (Å²) in [7, 11) is 5.35. The van der Waals surface area contributed by atoms with Crippen LogP contribution in [0, 0.1) is 10.1 Å². The molecule has 14 heavy (non-hydrogen) atoms. The van der Waals surface area contributed by atoms with Crippen LogP contribution in [0.15, 0.2) is 0 Å². The minimum absolute atomic E-state index is 0.231. The lowest BCUT2D eigenvalue weighted by Gasteiger charge is -2.28. The first kappa shape index (κ1) is 12.6. The average Bonchev–Trinajstić information content (AvgIpc) is 1.77. The van der Waals surface area contributed by atoms with Crippen molar-refractivity contribution in [3.05, 3.63) is 10.1 Å². The van der Waals surface area contributed by atoms with Crippen molar-refractivity contribution in [3.63, 3.8) is 0 Å². The molecule has 1 atom stereocenters. The summed E-state index contributed by atoms with van der Waals surface area (Å²) >= 11 is 0. The second kappa shape index (κ2) is 4.75. The topological polar surface area (TPSA) is 92.5 Å². The van der Waals surface area contributed by atoms with Gasteiger partial charge in [-0.1, -0.05) is 0 Å². The molecule has 0 aliphatic heterocycles. The minimum atomic E-state index is -1.36. The third-order valence-corrected chi connectivity index (χ3v) is 1.38. The van der Waals surface area contributed by atoms with Crippen molar-refractivity contribution in [1.82, 2.24) is 0 Å². The Bertz CT molecular complexity index is 207. The zero-order chi connectivity index (χ0) is 11.4. The number of rotatable bonds is 6. The van der Waals surface area contributed by atoms with Gasteiger partial charge in [-0.2, -0.15) is 0 Å². The number of carbonyl (C=O) groups is 1. The number of quaternary nitrogens is 1. The molecule has 0 aromatic carbocycles. The van der Waals surface area contributed by atoms with Gasteiger partial charge >= 0.3 is 0 Å². The molecule has 0 heterocycles. The molecule has 0 N–H and O–H groups in total. The minimum Gasteiger partial charge on any atom is -0.550 e. The molecule has 0 bridgehead atoms. The van der Waals surface area contributed by atoms with Crippen molar-refractivity contribution in [2.45, 2.75) is 12.5 Å². The Kier molecular flexibility index (Phi) is 4.29. The van der Waals surface area contributed by atoms with Crippen LogP contribution in [0.3, 0.4) is 0 Å². The molecule has 7 heteroatoms. The van der Waals surface area contributed by atoms with Crippen LogP contribution in [0.25, 0.3) is 0 Å². The van der Waals surface area contributed by atoms with E-state index < -0.39 is 23.6 Å². The smallest absolute Gasteiger partial charge is 0.295 e. The van der Waals surface area contributed by atoms with Crippen LogP contribution in [0.2, 0.25) is 0 Å². The molecule has 0 aliphatic rings. The summed E-state index contributed by atoms with van der Waals surface area (Å²) in [5.41, 5.74) is 0. The van der Waals surface area contributed by atoms with Crippen molar-refractivity contribution < 1.29 is 24.3 Å². The summed E-state index contributed by atoms with van der Waals surface area (Å²) in [5.74, 6) is -1.36. The number of nitrogens with zero attached hydrogens (tertiary/aromatic N) is 2. The Labute approximate surface area is 81.6 Å². The van der Waals surface area contributed by atoms with Crippen LogP contribution >= 0.6 is 0 Å². The third kappa shape index (κ3) is 7.29. The molecule has 0 aliphatic carbocycles. The maximum Gasteiger partial charge on any atom is 0.295 e. The zero-order valence-electron chi connectivity index (χ0n) is 8.43. The Morgan fingerprint density at radius 3 is 2.29 bits per heavy atom. The summed E-state index contributed by atoms with van der Waals surface area (Å²) < 4.78 is 0.381. The van der Waals surface area contributed by atoms with Gasteiger partial charge in [0.2, 0.25) is 0 Å². The van der Waals surface area contributed by atoms with Gasteiger partial charge in [-0.3, -0.25) is 0 Å². The van der Waals surface area contributed by atoms with Crippen molar-refractivity contribution >= 4 is 5.97 Å². The highest BCUT2D eigenvalue weighted by Crippen LogP contribution is 2.03. The number of hydrogen-bond acceptors (Lipinski definition) is 5. The number of carbonyl (C=O) groups excluding carboxylic acids is 1. The molecule has 1 unspecified atom stereocenters. The molecule has 0 saturated heterocycles. The molecule has 0 spiro atoms. The van der Waals surface area contributed by atoms with E-state index in [1.807, 2.05) is 0 Å². The van der Waals surface area contributed by atoms with Crippen LogP contribution in [0.5, 0.6) is 0 Å². The molecule has 7 nitrogen and oxygen atoms in total. The second-order valence-electron chi connectivity index (χ2n) is 4.00. The molecule has 0 aromatic heterocycles. The lowest BCUT2D eigenvalue weighted by atomic mass is 10.2. The number of carboxylic acid groups (broad SMARTS) is 1. The normalized spacial score (nSPS) is 13.4. The molecule has 82 valence electrons. The van der Waals surface area contributed by atoms with E-state index in [-0.39, 0.29) is 6.54 Å². The quantitative estimate of drug-likeness (QED) is 0.297. The number of hydrogen-bond donors (Lipinski definition) is 0. The van der Waals surface area contributed by atoms with Gasteiger partial charge in [0, 0.05) is 12.4 Å². The highest BCUT2D eigenvalue weighted by molar-refractivity contribution is 5.64. The van der Waals surface area contributed by atoms with Gasteiger partial charge in [-0.05, 0) is 0 Å². The number of carboxylic acids is 1. The summed E-state index contributed by atoms with van der Waals surface area (Å²) in [6.07, 6.45) is -1.44. The Morgan fingerprint density at radius 2 is 2.00 bits per heavy atom. The van der Waals surface area contributed by atoms with E-state index in [4.69, 9.17) is 0 Å². The fourth-order valence-electron chi connectivity index (χ4n) is 1.05. The highest BCUT2D eigenvalue weighted by Gasteiger charge is 2.21. The van der Waals surface area contributed by atoms with E-state index in [0.29, 0.717) is 4.48 Å². The molecular weight excluding hydrogens is 192 g/mol. The first-order chi connectivity index (χ1) is 6.20. The van der Waals surface area contributed by atoms with Crippen molar-refractivity contribution in [2.24, 2.45) is 0 Å². The van der Waals surface area contributed by atoms with Gasteiger partial charge < -0.3 is 19.2 Å². The van der Waals surface area contributed by atoms with E-state index >= 15 is 0 Å². The lowest BCUT2D eigenvalue weighted by Crippen LogP contribution is -2.45. The van der Waals surface area contributed by atoms with Crippen molar-refractivity contribution in [1.29, 1.82) is 0 Å². The average molecular weight is 206 g/mol. The lowest BCUT2D eigenvalue weighted by molar-refractivity contribution is -0.885. The molecular formula is C7H14N2O5. The molecule has 0 amide bonds. The number of aliphatic carboxylic acids is 1. The third-order valence-electron chi connectivity index (χ3n) is 1.38. The van der Waals surface area contributed by atoms with Crippen LogP contribution < -0.4 is 5.11 Å². The fraction of sp³-hybridized carbons (Fsp3) is 0.857. The fourth-order valence-corrected chi connectivity index (χ4v) is 1.05. The van der Waals surface area contributed by atoms with E-state index in [2.05, 4.69) is 4.84 Å². The Morgan fingerprint density at radius 1 is 1.50 bits per heavy atom. The van der Waals surface area contributed by atoms with E-state index in [0.717, 1.165) is 0 Å². The van der Waals surface area contributed by atoms with Crippen LogP contribution in [0.1, 0.15) is 6.42 Å². The van der Waals surface area contributed by atoms with Gasteiger partial charge in [0.05, 0.1) is 21.1 Å². The van der Waals surface area contributed by atoms with Crippen LogP contribution in [-0.4, -0.2) is 49.3 Å². The SMILES string of the molecule is C[N+](C)(C)CC(CC(=O)[O-])O[N+](=O)[O-]. The molecule has 0 fully saturated rings. The monoisotopic (exact) mass is 206 g/mol. The predicted octanol–water partition coefficient (Wildman–Crippen LogP) is -1.59. The molecule has 0 rings (SSSR count). The van der Waals surface area contributed by atoms with Gasteiger partial charge in [0.1, 0.15) is 6.54 Å². The van der Waals surface area contributed by atoms with E-state index in [1.54, 1.807) is 21.1 Å². The summed E-state index contributed by atoms with van der Waals surface area (Å²) in [4.78, 5) is 24.5. The summed E-state index contributed by atoms with van der Waals surface area (Å²) in [6.45, 7) is 0.231.